The second-order valence-corrected chi connectivity index (χ2v) is 10.4. The fourth-order valence-electron chi connectivity index (χ4n) is 5.98. The molecule has 0 aliphatic heterocycles. The maximum atomic E-state index is 4.74. The van der Waals surface area contributed by atoms with Gasteiger partial charge in [-0.1, -0.05) is 72.8 Å². The predicted molar refractivity (Wildman–Crippen MR) is 153 cm³/mol. The van der Waals surface area contributed by atoms with E-state index in [0.717, 1.165) is 22.1 Å². The van der Waals surface area contributed by atoms with E-state index in [1.165, 1.54) is 88.1 Å². The van der Waals surface area contributed by atoms with Crippen LogP contribution in [0.15, 0.2) is 84.9 Å². The number of hydrogen-bond donors (Lipinski definition) is 0. The summed E-state index contributed by atoms with van der Waals surface area (Å²) in [6.07, 6.45) is 0. The zero-order valence-electron chi connectivity index (χ0n) is 18.7. The van der Waals surface area contributed by atoms with Crippen LogP contribution in [0.2, 0.25) is 0 Å². The average molecular weight is 495 g/mol. The molecule has 0 aliphatic carbocycles. The van der Waals surface area contributed by atoms with Gasteiger partial charge in [-0.3, -0.25) is 0 Å². The highest BCUT2D eigenvalue weighted by molar-refractivity contribution is 7.00. The molecule has 0 aliphatic rings. The van der Waals surface area contributed by atoms with Gasteiger partial charge in [-0.05, 0) is 55.2 Å². The van der Waals surface area contributed by atoms with Crippen molar-refractivity contribution >= 4 is 110 Å². The lowest BCUT2D eigenvalue weighted by Gasteiger charge is -2.14. The van der Waals surface area contributed by atoms with Gasteiger partial charge in [0.15, 0.2) is 0 Å². The van der Waals surface area contributed by atoms with Gasteiger partial charge in [0.25, 0.3) is 0 Å². The molecule has 0 bridgehead atoms. The van der Waals surface area contributed by atoms with E-state index in [1.807, 2.05) is 0 Å². The van der Waals surface area contributed by atoms with Crippen molar-refractivity contribution in [2.24, 2.45) is 0 Å². The molecule has 0 amide bonds. The molecule has 9 rings (SSSR count). The number of nitrogens with zero attached hydrogens (tertiary/aromatic N) is 4. The molecular weight excluding hydrogens is 480 g/mol. The van der Waals surface area contributed by atoms with Crippen LogP contribution < -0.4 is 0 Å². The van der Waals surface area contributed by atoms with Crippen molar-refractivity contribution in [2.75, 3.05) is 0 Å². The van der Waals surface area contributed by atoms with Crippen LogP contribution in [0, 0.1) is 0 Å². The minimum Gasteiger partial charge on any atom is -0.173 e. The molecule has 0 N–H and O–H groups in total. The Morgan fingerprint density at radius 2 is 0.583 bits per heavy atom. The van der Waals surface area contributed by atoms with Crippen molar-refractivity contribution in [3.8, 4) is 0 Å². The number of hydrogen-bond acceptors (Lipinski definition) is 6. The Hall–Kier alpha value is -4.26. The summed E-state index contributed by atoms with van der Waals surface area (Å²) >= 11 is 2.56. The van der Waals surface area contributed by atoms with Gasteiger partial charge in [0.1, 0.15) is 22.1 Å². The number of benzene rings is 7. The Bertz CT molecular complexity index is 2190. The Morgan fingerprint density at radius 1 is 0.306 bits per heavy atom. The summed E-state index contributed by atoms with van der Waals surface area (Å²) in [5.41, 5.74) is 3.85. The quantitative estimate of drug-likeness (QED) is 0.198. The molecule has 9 aromatic rings. The first-order valence-corrected chi connectivity index (χ1v) is 13.2. The third-order valence-corrected chi connectivity index (χ3v) is 8.62. The van der Waals surface area contributed by atoms with Gasteiger partial charge >= 0.3 is 0 Å². The lowest BCUT2D eigenvalue weighted by molar-refractivity contribution is 1.68. The Kier molecular flexibility index (Phi) is 3.53. The monoisotopic (exact) mass is 494 g/mol. The van der Waals surface area contributed by atoms with Crippen LogP contribution >= 0.6 is 23.5 Å². The van der Waals surface area contributed by atoms with Crippen LogP contribution in [-0.4, -0.2) is 17.5 Å². The normalized spacial score (nSPS) is 12.4. The van der Waals surface area contributed by atoms with E-state index in [0.29, 0.717) is 0 Å². The number of fused-ring (bicyclic) bond motifs is 15. The summed E-state index contributed by atoms with van der Waals surface area (Å²) in [5.74, 6) is 0. The van der Waals surface area contributed by atoms with Gasteiger partial charge in [0, 0.05) is 21.5 Å². The Balaban J connectivity index is 1.69. The molecule has 0 unspecified atom stereocenters. The lowest BCUT2D eigenvalue weighted by Crippen LogP contribution is -1.88. The maximum absolute atomic E-state index is 4.74. The first kappa shape index (κ1) is 19.0. The van der Waals surface area contributed by atoms with E-state index in [1.54, 1.807) is 0 Å². The van der Waals surface area contributed by atoms with Crippen LogP contribution in [0.4, 0.5) is 0 Å². The van der Waals surface area contributed by atoms with E-state index in [9.17, 15) is 0 Å². The molecule has 0 fully saturated rings. The van der Waals surface area contributed by atoms with E-state index < -0.39 is 0 Å². The van der Waals surface area contributed by atoms with Gasteiger partial charge in [-0.2, -0.15) is 17.5 Å². The van der Waals surface area contributed by atoms with Gasteiger partial charge in [0.2, 0.25) is 0 Å². The standard InChI is InChI=1S/C30H14N4S2/c1-2-16-4-6-18-8-10-20-12-14-22-30(34-36-32-22)28(20)26(18)24(16)23-15(1)3-5-17-7-9-19-11-13-21-29(33-35-31-21)27(19)25(17)23/h1-14H. The summed E-state index contributed by atoms with van der Waals surface area (Å²) < 4.78 is 18.6. The molecule has 2 aromatic heterocycles. The molecule has 0 saturated carbocycles. The molecule has 0 radical (unpaired) electrons. The zero-order chi connectivity index (χ0) is 23.4. The molecule has 0 spiro atoms. The molecule has 166 valence electrons. The van der Waals surface area contributed by atoms with Gasteiger partial charge in [0.05, 0.1) is 23.5 Å². The fraction of sp³-hybridized carbons (Fsp3) is 0. The maximum Gasteiger partial charge on any atom is 0.113 e. The van der Waals surface area contributed by atoms with Gasteiger partial charge in [-0.15, -0.1) is 0 Å². The SMILES string of the molecule is c1cc2ccc3ccc4ccc5ccc6ccc7nsnc7c6c5c4c3c2c2c1ccc1nsnc12. The summed E-state index contributed by atoms with van der Waals surface area (Å²) in [4.78, 5) is 0. The largest absolute Gasteiger partial charge is 0.173 e. The highest BCUT2D eigenvalue weighted by atomic mass is 32.1. The summed E-state index contributed by atoms with van der Waals surface area (Å²) in [5, 5.41) is 14.6. The fourth-order valence-corrected chi connectivity index (χ4v) is 7.06. The van der Waals surface area contributed by atoms with Crippen molar-refractivity contribution in [2.45, 2.75) is 0 Å². The summed E-state index contributed by atoms with van der Waals surface area (Å²) in [6, 6.07) is 30.8. The Morgan fingerprint density at radius 3 is 0.944 bits per heavy atom. The lowest BCUT2D eigenvalue weighted by atomic mass is 9.88. The Labute approximate surface area is 212 Å². The van der Waals surface area contributed by atoms with Crippen LogP contribution in [0.5, 0.6) is 0 Å². The van der Waals surface area contributed by atoms with E-state index in [4.69, 9.17) is 8.75 Å². The third kappa shape index (κ3) is 2.33. The molecule has 0 atom stereocenters. The van der Waals surface area contributed by atoms with Crippen molar-refractivity contribution in [1.29, 1.82) is 0 Å². The first-order chi connectivity index (χ1) is 17.8. The van der Waals surface area contributed by atoms with Gasteiger partial charge < -0.3 is 0 Å². The molecule has 6 heteroatoms. The van der Waals surface area contributed by atoms with Gasteiger partial charge in [-0.25, -0.2) is 0 Å². The summed E-state index contributed by atoms with van der Waals surface area (Å²) in [6.45, 7) is 0. The molecule has 7 aromatic carbocycles. The summed E-state index contributed by atoms with van der Waals surface area (Å²) in [7, 11) is 0. The minimum atomic E-state index is 0.947. The molecular formula is C30H14N4S2. The minimum absolute atomic E-state index is 0.947. The topological polar surface area (TPSA) is 51.6 Å². The van der Waals surface area contributed by atoms with E-state index in [2.05, 4.69) is 93.7 Å². The second-order valence-electron chi connectivity index (χ2n) is 9.31. The van der Waals surface area contributed by atoms with Crippen LogP contribution in [-0.2, 0) is 0 Å². The molecule has 0 saturated heterocycles. The zero-order valence-corrected chi connectivity index (χ0v) is 20.3. The van der Waals surface area contributed by atoms with E-state index >= 15 is 0 Å². The molecule has 2 heterocycles. The molecule has 36 heavy (non-hydrogen) atoms. The predicted octanol–water partition coefficient (Wildman–Crippen LogP) is 8.62. The van der Waals surface area contributed by atoms with Crippen LogP contribution in [0.1, 0.15) is 0 Å². The molecule has 4 nitrogen and oxygen atoms in total. The van der Waals surface area contributed by atoms with Crippen molar-refractivity contribution in [3.63, 3.8) is 0 Å². The van der Waals surface area contributed by atoms with Crippen molar-refractivity contribution in [1.82, 2.24) is 17.5 Å². The number of aromatic nitrogens is 4. The average Bonchev–Trinajstić information content (AvgIpc) is 3.61. The van der Waals surface area contributed by atoms with Crippen molar-refractivity contribution < 1.29 is 0 Å². The van der Waals surface area contributed by atoms with Crippen LogP contribution in [0.3, 0.4) is 0 Å². The number of rotatable bonds is 0. The highest BCUT2D eigenvalue weighted by Gasteiger charge is 2.17. The highest BCUT2D eigenvalue weighted by Crippen LogP contribution is 2.43. The van der Waals surface area contributed by atoms with Crippen molar-refractivity contribution in [3.05, 3.63) is 84.9 Å². The van der Waals surface area contributed by atoms with Crippen LogP contribution in [0.25, 0.3) is 86.7 Å². The smallest absolute Gasteiger partial charge is 0.113 e. The third-order valence-electron chi connectivity index (χ3n) is 7.54. The first-order valence-electron chi connectivity index (χ1n) is 11.7. The second kappa shape index (κ2) is 6.69. The van der Waals surface area contributed by atoms with E-state index in [-0.39, 0.29) is 0 Å².